The number of rotatable bonds is 7. The van der Waals surface area contributed by atoms with Gasteiger partial charge in [0.05, 0.1) is 11.9 Å². The molecule has 0 saturated carbocycles. The Morgan fingerprint density at radius 3 is 2.40 bits per heavy atom. The predicted molar refractivity (Wildman–Crippen MR) is 99.2 cm³/mol. The lowest BCUT2D eigenvalue weighted by Gasteiger charge is -2.09. The Labute approximate surface area is 148 Å². The lowest BCUT2D eigenvalue weighted by atomic mass is 10.00. The number of hydrogen-bond donors (Lipinski definition) is 2. The first-order valence-corrected chi connectivity index (χ1v) is 10.0. The van der Waals surface area contributed by atoms with Crippen LogP contribution in [0, 0.1) is 0 Å². The van der Waals surface area contributed by atoms with E-state index < -0.39 is 15.9 Å². The molecule has 5 nitrogen and oxygen atoms in total. The number of carbonyl (C=O) groups is 1. The third-order valence-corrected chi connectivity index (χ3v) is 5.69. The summed E-state index contributed by atoms with van der Waals surface area (Å²) in [4.78, 5) is 12.1. The second-order valence-electron chi connectivity index (χ2n) is 5.87. The Kier molecular flexibility index (Phi) is 6.33. The molecule has 0 aliphatic heterocycles. The molecule has 134 valence electrons. The van der Waals surface area contributed by atoms with Gasteiger partial charge in [-0.3, -0.25) is 4.79 Å². The van der Waals surface area contributed by atoms with Crippen molar-refractivity contribution in [2.24, 2.45) is 0 Å². The van der Waals surface area contributed by atoms with Crippen molar-refractivity contribution in [1.82, 2.24) is 5.32 Å². The first-order valence-electron chi connectivity index (χ1n) is 8.19. The minimum atomic E-state index is -3.09. The fourth-order valence-electron chi connectivity index (χ4n) is 2.36. The van der Waals surface area contributed by atoms with E-state index in [0.29, 0.717) is 5.56 Å². The van der Waals surface area contributed by atoms with Gasteiger partial charge in [0.1, 0.15) is 0 Å². The van der Waals surface area contributed by atoms with Gasteiger partial charge in [-0.05, 0) is 41.8 Å². The SMILES string of the molecule is CCS(=O)(=O)CCNC(=O)c1ccc(-c2cccc([C@H](C)O)c2)cc1. The molecule has 2 aromatic rings. The van der Waals surface area contributed by atoms with Gasteiger partial charge in [-0.2, -0.15) is 0 Å². The number of amides is 1. The van der Waals surface area contributed by atoms with Crippen LogP contribution in [0.15, 0.2) is 48.5 Å². The molecule has 1 amide bonds. The van der Waals surface area contributed by atoms with Gasteiger partial charge in [0.25, 0.3) is 5.91 Å². The van der Waals surface area contributed by atoms with Crippen molar-refractivity contribution < 1.29 is 18.3 Å². The van der Waals surface area contributed by atoms with Gasteiger partial charge in [-0.1, -0.05) is 37.3 Å². The van der Waals surface area contributed by atoms with E-state index in [0.717, 1.165) is 16.7 Å². The molecule has 25 heavy (non-hydrogen) atoms. The summed E-state index contributed by atoms with van der Waals surface area (Å²) in [5.41, 5.74) is 3.20. The van der Waals surface area contributed by atoms with Crippen LogP contribution >= 0.6 is 0 Å². The number of aliphatic hydroxyl groups excluding tert-OH is 1. The second kappa shape index (κ2) is 8.27. The van der Waals surface area contributed by atoms with Crippen LogP contribution in [0.3, 0.4) is 0 Å². The van der Waals surface area contributed by atoms with Crippen molar-refractivity contribution in [3.05, 3.63) is 59.7 Å². The molecular weight excluding hydrogens is 338 g/mol. The molecule has 2 rings (SSSR count). The number of aliphatic hydroxyl groups is 1. The van der Waals surface area contributed by atoms with E-state index in [1.807, 2.05) is 36.4 Å². The van der Waals surface area contributed by atoms with Gasteiger partial charge in [0, 0.05) is 17.9 Å². The number of nitrogens with one attached hydrogen (secondary N) is 1. The highest BCUT2D eigenvalue weighted by Gasteiger charge is 2.10. The van der Waals surface area contributed by atoms with Crippen LogP contribution in [0.2, 0.25) is 0 Å². The van der Waals surface area contributed by atoms with Gasteiger partial charge in [-0.25, -0.2) is 8.42 Å². The van der Waals surface area contributed by atoms with Crippen molar-refractivity contribution in [2.75, 3.05) is 18.1 Å². The summed E-state index contributed by atoms with van der Waals surface area (Å²) in [6, 6.07) is 14.7. The Bertz CT molecular complexity index is 827. The molecule has 0 fully saturated rings. The van der Waals surface area contributed by atoms with Crippen LogP contribution in [0.1, 0.15) is 35.9 Å². The topological polar surface area (TPSA) is 83.5 Å². The van der Waals surface area contributed by atoms with E-state index in [4.69, 9.17) is 0 Å². The van der Waals surface area contributed by atoms with Crippen LogP contribution in [-0.4, -0.2) is 37.5 Å². The summed E-state index contributed by atoms with van der Waals surface area (Å²) < 4.78 is 22.9. The standard InChI is InChI=1S/C19H23NO4S/c1-3-25(23,24)12-11-20-19(22)16-9-7-15(8-10-16)18-6-4-5-17(13-18)14(2)21/h4-10,13-14,21H,3,11-12H2,1-2H3,(H,20,22)/t14-/m0/s1. The van der Waals surface area contributed by atoms with Gasteiger partial charge < -0.3 is 10.4 Å². The predicted octanol–water partition coefficient (Wildman–Crippen LogP) is 2.57. The zero-order chi connectivity index (χ0) is 18.4. The molecule has 0 bridgehead atoms. The van der Waals surface area contributed by atoms with Gasteiger partial charge >= 0.3 is 0 Å². The van der Waals surface area contributed by atoms with Crippen molar-refractivity contribution in [3.8, 4) is 11.1 Å². The zero-order valence-corrected chi connectivity index (χ0v) is 15.2. The molecule has 2 aromatic carbocycles. The Balaban J connectivity index is 2.04. The van der Waals surface area contributed by atoms with Crippen molar-refractivity contribution in [1.29, 1.82) is 0 Å². The number of sulfone groups is 1. The van der Waals surface area contributed by atoms with Gasteiger partial charge in [-0.15, -0.1) is 0 Å². The maximum absolute atomic E-state index is 12.1. The molecule has 0 radical (unpaired) electrons. The largest absolute Gasteiger partial charge is 0.389 e. The van der Waals surface area contributed by atoms with Crippen molar-refractivity contribution in [2.45, 2.75) is 20.0 Å². The summed E-state index contributed by atoms with van der Waals surface area (Å²) in [5, 5.41) is 12.3. The van der Waals surface area contributed by atoms with Gasteiger partial charge in [0.15, 0.2) is 9.84 Å². The molecule has 6 heteroatoms. The molecule has 0 aliphatic carbocycles. The smallest absolute Gasteiger partial charge is 0.251 e. The van der Waals surface area contributed by atoms with Crippen LogP contribution in [0.5, 0.6) is 0 Å². The van der Waals surface area contributed by atoms with E-state index in [-0.39, 0.29) is 24.0 Å². The average molecular weight is 361 g/mol. The minimum Gasteiger partial charge on any atom is -0.389 e. The summed E-state index contributed by atoms with van der Waals surface area (Å²) in [6.45, 7) is 3.40. The summed E-state index contributed by atoms with van der Waals surface area (Å²) >= 11 is 0. The van der Waals surface area contributed by atoms with Crippen molar-refractivity contribution >= 4 is 15.7 Å². The minimum absolute atomic E-state index is 0.0561. The Morgan fingerprint density at radius 2 is 1.80 bits per heavy atom. The van der Waals surface area contributed by atoms with Crippen LogP contribution in [0.4, 0.5) is 0 Å². The fourth-order valence-corrected chi connectivity index (χ4v) is 3.06. The molecule has 0 aromatic heterocycles. The third-order valence-electron chi connectivity index (χ3n) is 3.99. The normalized spacial score (nSPS) is 12.6. The molecule has 0 unspecified atom stereocenters. The number of carbonyl (C=O) groups excluding carboxylic acids is 1. The van der Waals surface area contributed by atoms with Crippen LogP contribution in [-0.2, 0) is 9.84 Å². The molecule has 0 spiro atoms. The first-order chi connectivity index (χ1) is 11.8. The van der Waals surface area contributed by atoms with E-state index >= 15 is 0 Å². The van der Waals surface area contributed by atoms with E-state index in [1.54, 1.807) is 26.0 Å². The Morgan fingerprint density at radius 1 is 1.12 bits per heavy atom. The van der Waals surface area contributed by atoms with E-state index in [2.05, 4.69) is 5.32 Å². The quantitative estimate of drug-likeness (QED) is 0.794. The zero-order valence-electron chi connectivity index (χ0n) is 14.4. The highest BCUT2D eigenvalue weighted by atomic mass is 32.2. The molecule has 2 N–H and O–H groups in total. The maximum atomic E-state index is 12.1. The van der Waals surface area contributed by atoms with E-state index in [1.165, 1.54) is 0 Å². The second-order valence-corrected chi connectivity index (χ2v) is 8.34. The molecule has 1 atom stereocenters. The summed E-state index contributed by atoms with van der Waals surface area (Å²) in [7, 11) is -3.09. The molecule has 0 saturated heterocycles. The highest BCUT2D eigenvalue weighted by molar-refractivity contribution is 7.91. The lowest BCUT2D eigenvalue weighted by Crippen LogP contribution is -2.29. The Hall–Kier alpha value is -2.18. The van der Waals surface area contributed by atoms with E-state index in [9.17, 15) is 18.3 Å². The summed E-state index contributed by atoms with van der Waals surface area (Å²) in [5.74, 6) is -0.279. The number of hydrogen-bond acceptors (Lipinski definition) is 4. The third kappa shape index (κ3) is 5.41. The molecular formula is C19H23NO4S. The summed E-state index contributed by atoms with van der Waals surface area (Å²) in [6.07, 6.45) is -0.538. The average Bonchev–Trinajstić information content (AvgIpc) is 2.61. The number of benzene rings is 2. The highest BCUT2D eigenvalue weighted by Crippen LogP contribution is 2.23. The van der Waals surface area contributed by atoms with Gasteiger partial charge in [0.2, 0.25) is 0 Å². The maximum Gasteiger partial charge on any atom is 0.251 e. The van der Waals surface area contributed by atoms with Crippen LogP contribution in [0.25, 0.3) is 11.1 Å². The van der Waals surface area contributed by atoms with Crippen molar-refractivity contribution in [3.63, 3.8) is 0 Å². The lowest BCUT2D eigenvalue weighted by molar-refractivity contribution is 0.0956. The molecule has 0 heterocycles. The molecule has 0 aliphatic rings. The fraction of sp³-hybridized carbons (Fsp3) is 0.316. The van der Waals surface area contributed by atoms with Crippen LogP contribution < -0.4 is 5.32 Å². The first kappa shape index (κ1) is 19.1. The monoisotopic (exact) mass is 361 g/mol.